The molecule has 1 aliphatic rings. The molecule has 4 rings (SSSR count). The van der Waals surface area contributed by atoms with E-state index in [1.54, 1.807) is 48.5 Å². The Hall–Kier alpha value is -3.65. The average molecular weight is 467 g/mol. The Morgan fingerprint density at radius 2 is 1.73 bits per heavy atom. The molecule has 1 fully saturated rings. The van der Waals surface area contributed by atoms with Gasteiger partial charge in [0.05, 0.1) is 18.6 Å². The Morgan fingerprint density at radius 1 is 0.970 bits per heavy atom. The van der Waals surface area contributed by atoms with Crippen molar-refractivity contribution in [2.45, 2.75) is 13.2 Å². The summed E-state index contributed by atoms with van der Waals surface area (Å²) in [5.41, 5.74) is 1.54. The van der Waals surface area contributed by atoms with E-state index in [0.717, 1.165) is 22.2 Å². The van der Waals surface area contributed by atoms with Crippen LogP contribution in [0.1, 0.15) is 16.7 Å². The van der Waals surface area contributed by atoms with E-state index in [1.165, 1.54) is 31.4 Å². The highest BCUT2D eigenvalue weighted by molar-refractivity contribution is 8.18. The lowest BCUT2D eigenvalue weighted by Gasteiger charge is -2.14. The van der Waals surface area contributed by atoms with Gasteiger partial charge >= 0.3 is 0 Å². The van der Waals surface area contributed by atoms with Crippen molar-refractivity contribution in [1.82, 2.24) is 4.90 Å². The molecular weight excluding hydrogens is 448 g/mol. The van der Waals surface area contributed by atoms with Gasteiger partial charge in [0.15, 0.2) is 11.5 Å². The SMILES string of the molecule is COc1cccc(/C=C2\SC(=O)N(Cc3ccccc3F)C2=O)c1OCc1ccc(F)cc1. The Labute approximate surface area is 193 Å². The van der Waals surface area contributed by atoms with Crippen molar-refractivity contribution in [3.8, 4) is 11.5 Å². The largest absolute Gasteiger partial charge is 0.493 e. The van der Waals surface area contributed by atoms with Gasteiger partial charge in [0.25, 0.3) is 11.1 Å². The molecule has 1 heterocycles. The molecule has 0 aromatic heterocycles. The van der Waals surface area contributed by atoms with E-state index in [4.69, 9.17) is 9.47 Å². The van der Waals surface area contributed by atoms with E-state index >= 15 is 0 Å². The van der Waals surface area contributed by atoms with Crippen LogP contribution in [0.15, 0.2) is 71.6 Å². The maximum atomic E-state index is 14.0. The van der Waals surface area contributed by atoms with Crippen molar-refractivity contribution in [1.29, 1.82) is 0 Å². The number of thioether (sulfide) groups is 1. The van der Waals surface area contributed by atoms with Crippen LogP contribution in [0.4, 0.5) is 13.6 Å². The Morgan fingerprint density at radius 3 is 2.45 bits per heavy atom. The van der Waals surface area contributed by atoms with Crippen molar-refractivity contribution in [2.75, 3.05) is 7.11 Å². The van der Waals surface area contributed by atoms with Gasteiger partial charge in [-0.05, 0) is 47.7 Å². The van der Waals surface area contributed by atoms with Crippen molar-refractivity contribution >= 4 is 29.0 Å². The molecule has 168 valence electrons. The summed E-state index contributed by atoms with van der Waals surface area (Å²) in [7, 11) is 1.49. The molecule has 2 amide bonds. The van der Waals surface area contributed by atoms with Gasteiger partial charge in [0.2, 0.25) is 0 Å². The second-order valence-corrected chi connectivity index (χ2v) is 8.15. The number of rotatable bonds is 7. The maximum Gasteiger partial charge on any atom is 0.293 e. The lowest BCUT2D eigenvalue weighted by Crippen LogP contribution is -2.27. The number of methoxy groups -OCH3 is 1. The second kappa shape index (κ2) is 9.87. The number of amides is 2. The van der Waals surface area contributed by atoms with Gasteiger partial charge in [-0.2, -0.15) is 0 Å². The zero-order chi connectivity index (χ0) is 23.4. The summed E-state index contributed by atoms with van der Waals surface area (Å²) in [6.07, 6.45) is 1.55. The normalized spacial score (nSPS) is 14.8. The summed E-state index contributed by atoms with van der Waals surface area (Å²) in [6, 6.07) is 17.1. The van der Waals surface area contributed by atoms with Crippen molar-refractivity contribution in [3.05, 3.63) is 100.0 Å². The molecule has 0 atom stereocenters. The van der Waals surface area contributed by atoms with Crippen LogP contribution in [0.5, 0.6) is 11.5 Å². The van der Waals surface area contributed by atoms with Crippen LogP contribution in [-0.4, -0.2) is 23.2 Å². The molecule has 8 heteroatoms. The lowest BCUT2D eigenvalue weighted by atomic mass is 10.1. The number of hydrogen-bond donors (Lipinski definition) is 0. The fourth-order valence-corrected chi connectivity index (χ4v) is 4.10. The third-order valence-electron chi connectivity index (χ3n) is 4.97. The van der Waals surface area contributed by atoms with Crippen LogP contribution >= 0.6 is 11.8 Å². The first-order valence-electron chi connectivity index (χ1n) is 9.99. The van der Waals surface area contributed by atoms with E-state index < -0.39 is 17.0 Å². The predicted octanol–water partition coefficient (Wildman–Crippen LogP) is 5.79. The Balaban J connectivity index is 1.59. The maximum absolute atomic E-state index is 14.0. The first-order chi connectivity index (χ1) is 16.0. The zero-order valence-corrected chi connectivity index (χ0v) is 18.4. The molecule has 0 bridgehead atoms. The minimum Gasteiger partial charge on any atom is -0.493 e. The second-order valence-electron chi connectivity index (χ2n) is 7.15. The molecule has 0 spiro atoms. The third kappa shape index (κ3) is 5.06. The molecule has 1 aliphatic heterocycles. The monoisotopic (exact) mass is 467 g/mol. The van der Waals surface area contributed by atoms with Gasteiger partial charge < -0.3 is 9.47 Å². The molecule has 0 radical (unpaired) electrons. The molecule has 3 aromatic rings. The van der Waals surface area contributed by atoms with Crippen molar-refractivity contribution in [3.63, 3.8) is 0 Å². The first kappa shape index (κ1) is 22.5. The number of carbonyl (C=O) groups excluding carboxylic acids is 2. The number of hydrogen-bond acceptors (Lipinski definition) is 5. The standard InChI is InChI=1S/C25H19F2NO4S/c1-31-21-8-4-6-17(23(21)32-15-16-9-11-19(26)12-10-16)13-22-24(29)28(25(30)33-22)14-18-5-2-3-7-20(18)27/h2-13H,14-15H2,1H3/b22-13-. The van der Waals surface area contributed by atoms with E-state index in [-0.39, 0.29) is 29.4 Å². The highest BCUT2D eigenvalue weighted by Crippen LogP contribution is 2.38. The quantitative estimate of drug-likeness (QED) is 0.412. The van der Waals surface area contributed by atoms with Crippen LogP contribution in [0.2, 0.25) is 0 Å². The van der Waals surface area contributed by atoms with Gasteiger partial charge in [-0.25, -0.2) is 8.78 Å². The van der Waals surface area contributed by atoms with Crippen molar-refractivity contribution in [2.24, 2.45) is 0 Å². The summed E-state index contributed by atoms with van der Waals surface area (Å²) < 4.78 is 38.5. The molecule has 0 saturated carbocycles. The molecule has 3 aromatic carbocycles. The molecule has 0 N–H and O–H groups in total. The number of ether oxygens (including phenoxy) is 2. The van der Waals surface area contributed by atoms with E-state index in [0.29, 0.717) is 17.1 Å². The Bertz CT molecular complexity index is 1230. The first-order valence-corrected chi connectivity index (χ1v) is 10.8. The van der Waals surface area contributed by atoms with Gasteiger partial charge in [-0.15, -0.1) is 0 Å². The Kier molecular flexibility index (Phi) is 6.74. The molecule has 1 saturated heterocycles. The fraction of sp³-hybridized carbons (Fsp3) is 0.120. The molecule has 5 nitrogen and oxygen atoms in total. The van der Waals surface area contributed by atoms with E-state index in [9.17, 15) is 18.4 Å². The smallest absolute Gasteiger partial charge is 0.293 e. The highest BCUT2D eigenvalue weighted by atomic mass is 32.2. The molecule has 0 unspecified atom stereocenters. The lowest BCUT2D eigenvalue weighted by molar-refractivity contribution is -0.123. The summed E-state index contributed by atoms with van der Waals surface area (Å²) in [4.78, 5) is 26.6. The fourth-order valence-electron chi connectivity index (χ4n) is 3.27. The number of carbonyl (C=O) groups is 2. The van der Waals surface area contributed by atoms with Crippen LogP contribution in [0.3, 0.4) is 0 Å². The van der Waals surface area contributed by atoms with Gasteiger partial charge in [0.1, 0.15) is 18.2 Å². The van der Waals surface area contributed by atoms with Crippen LogP contribution in [0.25, 0.3) is 6.08 Å². The summed E-state index contributed by atoms with van der Waals surface area (Å²) in [5, 5.41) is -0.480. The van der Waals surface area contributed by atoms with Crippen molar-refractivity contribution < 1.29 is 27.8 Å². The number of para-hydroxylation sites is 1. The van der Waals surface area contributed by atoms with Gasteiger partial charge in [-0.1, -0.05) is 42.5 Å². The summed E-state index contributed by atoms with van der Waals surface area (Å²) >= 11 is 0.778. The molecule has 0 aliphatic carbocycles. The number of imide groups is 1. The highest BCUT2D eigenvalue weighted by Gasteiger charge is 2.35. The predicted molar refractivity (Wildman–Crippen MR) is 122 cm³/mol. The molecule has 33 heavy (non-hydrogen) atoms. The van der Waals surface area contributed by atoms with Crippen LogP contribution in [0, 0.1) is 11.6 Å². The number of nitrogens with zero attached hydrogens (tertiary/aromatic N) is 1. The summed E-state index contributed by atoms with van der Waals surface area (Å²) in [5.74, 6) is -0.519. The third-order valence-corrected chi connectivity index (χ3v) is 5.88. The topological polar surface area (TPSA) is 55.8 Å². The van der Waals surface area contributed by atoms with Crippen LogP contribution in [-0.2, 0) is 17.9 Å². The zero-order valence-electron chi connectivity index (χ0n) is 17.6. The van der Waals surface area contributed by atoms with Gasteiger partial charge in [-0.3, -0.25) is 14.5 Å². The van der Waals surface area contributed by atoms with Gasteiger partial charge in [0, 0.05) is 11.1 Å². The number of benzene rings is 3. The van der Waals surface area contributed by atoms with E-state index in [2.05, 4.69) is 0 Å². The minimum absolute atomic E-state index is 0.149. The van der Waals surface area contributed by atoms with E-state index in [1.807, 2.05) is 0 Å². The minimum atomic E-state index is -0.513. The van der Waals surface area contributed by atoms with Crippen LogP contribution < -0.4 is 9.47 Å². The number of halogens is 2. The summed E-state index contributed by atoms with van der Waals surface area (Å²) in [6.45, 7) is -0.00301. The molecular formula is C25H19F2NO4S. The average Bonchev–Trinajstić information content (AvgIpc) is 3.07.